The zero-order valence-electron chi connectivity index (χ0n) is 28.8. The van der Waals surface area contributed by atoms with Gasteiger partial charge in [-0.25, -0.2) is 4.98 Å². The van der Waals surface area contributed by atoms with Crippen molar-refractivity contribution in [3.05, 3.63) is 166 Å². The van der Waals surface area contributed by atoms with Gasteiger partial charge in [-0.05, 0) is 73.5 Å². The highest BCUT2D eigenvalue weighted by Gasteiger charge is 2.24. The Labute approximate surface area is 311 Å². The minimum Gasteiger partial charge on any atom is -0.497 e. The number of methoxy groups -OCH3 is 1. The minimum atomic E-state index is -0.618. The predicted octanol–water partition coefficient (Wildman–Crippen LogP) is 9.32. The number of rotatable bonds is 12. The smallest absolute Gasteiger partial charge is 0.272 e. The number of thioether (sulfide) groups is 1. The molecule has 5 aromatic carbocycles. The highest BCUT2D eigenvalue weighted by Crippen LogP contribution is 2.38. The van der Waals surface area contributed by atoms with Gasteiger partial charge in [0.05, 0.1) is 12.8 Å². The molecule has 1 aromatic heterocycles. The number of carbonyl (C=O) groups excluding carboxylic acids is 3. The summed E-state index contributed by atoms with van der Waals surface area (Å²) in [7, 11) is 1.56. The first-order valence-corrected chi connectivity index (χ1v) is 18.2. The van der Waals surface area contributed by atoms with Gasteiger partial charge >= 0.3 is 0 Å². The maximum atomic E-state index is 13.9. The molecule has 3 N–H and O–H groups in total. The van der Waals surface area contributed by atoms with Crippen LogP contribution in [0.3, 0.4) is 0 Å². The fourth-order valence-electron chi connectivity index (χ4n) is 5.32. The van der Waals surface area contributed by atoms with Crippen molar-refractivity contribution in [2.75, 3.05) is 17.7 Å². The molecule has 0 spiro atoms. The minimum absolute atomic E-state index is 0.0467. The van der Waals surface area contributed by atoms with Crippen LogP contribution in [0.4, 0.5) is 10.8 Å². The summed E-state index contributed by atoms with van der Waals surface area (Å²) in [6, 6.07) is 40.8. The number of aromatic nitrogens is 1. The van der Waals surface area contributed by atoms with Crippen molar-refractivity contribution in [2.45, 2.75) is 24.0 Å². The third kappa shape index (κ3) is 9.22. The number of hydrogen-bond acceptors (Lipinski definition) is 7. The van der Waals surface area contributed by atoms with Crippen molar-refractivity contribution in [1.82, 2.24) is 10.3 Å². The van der Waals surface area contributed by atoms with Gasteiger partial charge in [0.15, 0.2) is 5.13 Å². The van der Waals surface area contributed by atoms with E-state index in [0.717, 1.165) is 32.2 Å². The van der Waals surface area contributed by atoms with E-state index in [0.29, 0.717) is 27.7 Å². The second kappa shape index (κ2) is 16.8. The number of nitrogens with zero attached hydrogens (tertiary/aromatic N) is 1. The molecule has 0 aliphatic heterocycles. The van der Waals surface area contributed by atoms with E-state index in [2.05, 4.69) is 16.0 Å². The summed E-state index contributed by atoms with van der Waals surface area (Å²) in [5.41, 5.74) is 5.43. The average molecular weight is 725 g/mol. The van der Waals surface area contributed by atoms with Gasteiger partial charge in [-0.15, -0.1) is 23.1 Å². The van der Waals surface area contributed by atoms with Gasteiger partial charge in [0.1, 0.15) is 16.7 Å². The fourth-order valence-corrected chi connectivity index (χ4v) is 7.25. The van der Waals surface area contributed by atoms with Crippen LogP contribution in [-0.2, 0) is 9.59 Å². The van der Waals surface area contributed by atoms with E-state index in [-0.39, 0.29) is 11.6 Å². The van der Waals surface area contributed by atoms with Gasteiger partial charge in [0.2, 0.25) is 5.91 Å². The lowest BCUT2D eigenvalue weighted by Gasteiger charge is -2.17. The molecule has 10 heteroatoms. The molecule has 1 heterocycles. The Hall–Kier alpha value is -5.97. The number of aryl methyl sites for hydroxylation is 2. The first-order chi connectivity index (χ1) is 25.2. The summed E-state index contributed by atoms with van der Waals surface area (Å²) in [6.45, 7) is 4.04. The van der Waals surface area contributed by atoms with Gasteiger partial charge < -0.3 is 20.7 Å². The maximum Gasteiger partial charge on any atom is 0.272 e. The van der Waals surface area contributed by atoms with E-state index in [1.807, 2.05) is 92.7 Å². The SMILES string of the molecule is COc1cccc(/C=C(\NC(=O)c2ccccc2)C(=O)Nc2cccc(SC(C(=O)Nc3nc(-c4ccc(C)cc4)c(C)s3)c3ccccc3)c2)c1. The molecule has 1 unspecified atom stereocenters. The van der Waals surface area contributed by atoms with Gasteiger partial charge in [0, 0.05) is 26.6 Å². The van der Waals surface area contributed by atoms with E-state index in [4.69, 9.17) is 9.72 Å². The Balaban J connectivity index is 1.22. The van der Waals surface area contributed by atoms with E-state index < -0.39 is 17.1 Å². The maximum absolute atomic E-state index is 13.9. The van der Waals surface area contributed by atoms with Crippen molar-refractivity contribution in [3.63, 3.8) is 0 Å². The molecule has 0 bridgehead atoms. The zero-order chi connectivity index (χ0) is 36.5. The third-order valence-electron chi connectivity index (χ3n) is 7.97. The quantitative estimate of drug-likeness (QED) is 0.0858. The highest BCUT2D eigenvalue weighted by molar-refractivity contribution is 8.00. The molecule has 52 heavy (non-hydrogen) atoms. The van der Waals surface area contributed by atoms with Crippen LogP contribution in [0.5, 0.6) is 5.75 Å². The van der Waals surface area contributed by atoms with E-state index in [9.17, 15) is 14.4 Å². The number of carbonyl (C=O) groups is 3. The van der Waals surface area contributed by atoms with Gasteiger partial charge in [-0.1, -0.05) is 96.6 Å². The number of nitrogens with one attached hydrogen (secondary N) is 3. The van der Waals surface area contributed by atoms with E-state index in [1.54, 1.807) is 67.8 Å². The molecule has 0 aliphatic carbocycles. The monoisotopic (exact) mass is 724 g/mol. The Morgan fingerprint density at radius 2 is 1.50 bits per heavy atom. The molecule has 0 radical (unpaired) electrons. The molecule has 0 fully saturated rings. The van der Waals surface area contributed by atoms with Crippen LogP contribution < -0.4 is 20.7 Å². The van der Waals surface area contributed by atoms with Crippen LogP contribution >= 0.6 is 23.1 Å². The van der Waals surface area contributed by atoms with Crippen LogP contribution in [0.1, 0.15) is 37.2 Å². The predicted molar refractivity (Wildman–Crippen MR) is 211 cm³/mol. The zero-order valence-corrected chi connectivity index (χ0v) is 30.4. The standard InChI is InChI=1S/C42H36N4O4S2/c1-27-20-22-30(23-21-27)37-28(2)51-42(45-37)46-41(49)38(31-13-6-4-7-14-31)52-35-19-11-17-33(26-35)43-40(48)36(25-29-12-10-18-34(24-29)50-3)44-39(47)32-15-8-5-9-16-32/h4-26,38H,1-3H3,(H,43,48)(H,44,47)(H,45,46,49)/b36-25-. The normalized spacial score (nSPS) is 11.7. The Bertz CT molecular complexity index is 2220. The first-order valence-electron chi connectivity index (χ1n) is 16.5. The second-order valence-electron chi connectivity index (χ2n) is 11.8. The highest BCUT2D eigenvalue weighted by atomic mass is 32.2. The van der Waals surface area contributed by atoms with Crippen molar-refractivity contribution >= 4 is 57.7 Å². The Morgan fingerprint density at radius 1 is 0.788 bits per heavy atom. The van der Waals surface area contributed by atoms with E-state index >= 15 is 0 Å². The van der Waals surface area contributed by atoms with Crippen molar-refractivity contribution in [2.24, 2.45) is 0 Å². The second-order valence-corrected chi connectivity index (χ2v) is 14.2. The first kappa shape index (κ1) is 35.8. The molecule has 3 amide bonds. The largest absolute Gasteiger partial charge is 0.497 e. The van der Waals surface area contributed by atoms with Crippen LogP contribution in [-0.4, -0.2) is 29.8 Å². The molecule has 0 saturated heterocycles. The molecule has 6 aromatic rings. The lowest BCUT2D eigenvalue weighted by Crippen LogP contribution is -2.30. The van der Waals surface area contributed by atoms with Crippen LogP contribution in [0.15, 0.2) is 144 Å². The molecule has 1 atom stereocenters. The average Bonchev–Trinajstić information content (AvgIpc) is 3.53. The topological polar surface area (TPSA) is 109 Å². The third-order valence-corrected chi connectivity index (χ3v) is 10.1. The van der Waals surface area contributed by atoms with Gasteiger partial charge in [-0.2, -0.15) is 0 Å². The number of anilines is 2. The summed E-state index contributed by atoms with van der Waals surface area (Å²) in [5, 5.41) is 8.65. The molecule has 0 aliphatic rings. The number of amides is 3. The lowest BCUT2D eigenvalue weighted by atomic mass is 10.1. The summed E-state index contributed by atoms with van der Waals surface area (Å²) in [6.07, 6.45) is 1.59. The van der Waals surface area contributed by atoms with E-state index in [1.165, 1.54) is 23.1 Å². The summed E-state index contributed by atoms with van der Waals surface area (Å²) in [4.78, 5) is 47.3. The Morgan fingerprint density at radius 3 is 2.23 bits per heavy atom. The van der Waals surface area contributed by atoms with Gasteiger partial charge in [-0.3, -0.25) is 14.4 Å². The lowest BCUT2D eigenvalue weighted by molar-refractivity contribution is -0.116. The fraction of sp³-hybridized carbons (Fsp3) is 0.0952. The molecule has 0 saturated carbocycles. The van der Waals surface area contributed by atoms with Crippen LogP contribution in [0.2, 0.25) is 0 Å². The van der Waals surface area contributed by atoms with Gasteiger partial charge in [0.25, 0.3) is 11.8 Å². The molecular weight excluding hydrogens is 689 g/mol. The molecule has 8 nitrogen and oxygen atoms in total. The summed E-state index contributed by atoms with van der Waals surface area (Å²) < 4.78 is 5.35. The summed E-state index contributed by atoms with van der Waals surface area (Å²) >= 11 is 2.79. The number of hydrogen-bond donors (Lipinski definition) is 3. The van der Waals surface area contributed by atoms with Crippen molar-refractivity contribution in [3.8, 4) is 17.0 Å². The van der Waals surface area contributed by atoms with Crippen LogP contribution in [0, 0.1) is 13.8 Å². The molecule has 260 valence electrons. The molecule has 6 rings (SSSR count). The Kier molecular flexibility index (Phi) is 11.6. The molecular formula is C42H36N4O4S2. The number of benzene rings is 5. The number of thiazole rings is 1. The van der Waals surface area contributed by atoms with Crippen molar-refractivity contribution in [1.29, 1.82) is 0 Å². The van der Waals surface area contributed by atoms with Crippen molar-refractivity contribution < 1.29 is 19.1 Å². The van der Waals surface area contributed by atoms with Crippen LogP contribution in [0.25, 0.3) is 17.3 Å². The summed E-state index contributed by atoms with van der Waals surface area (Å²) in [5.74, 6) is -0.550. The number of ether oxygens (including phenoxy) is 1.